The van der Waals surface area contributed by atoms with Crippen LogP contribution in [-0.4, -0.2) is 26.3 Å². The number of hydrogen-bond donors (Lipinski definition) is 0. The molecule has 0 fully saturated rings. The fraction of sp³-hybridized carbons (Fsp3) is 0.125. The first-order valence-corrected chi connectivity index (χ1v) is 4.46. The molecule has 0 spiro atoms. The van der Waals surface area contributed by atoms with Crippen molar-refractivity contribution in [1.29, 1.82) is 0 Å². The predicted octanol–water partition coefficient (Wildman–Crippen LogP) is 1.30. The van der Waals surface area contributed by atoms with Crippen LogP contribution in [-0.2, 0) is 0 Å². The van der Waals surface area contributed by atoms with Gasteiger partial charge in [0.25, 0.3) is 0 Å². The van der Waals surface area contributed by atoms with E-state index in [-0.39, 0.29) is 3.80 Å². The first kappa shape index (κ1) is 7.79. The zero-order valence-corrected chi connectivity index (χ0v) is 8.57. The Labute approximate surface area is 73.5 Å². The standard InChI is InChI=1S/C8H7O.Sn/c1-7-4-2-3-5-8(7)6-9;/h2-5H,1H3;. The summed E-state index contributed by atoms with van der Waals surface area (Å²) in [5.41, 5.74) is 1.94. The average Bonchev–Trinajstić information content (AvgIpc) is 1.88. The van der Waals surface area contributed by atoms with Crippen LogP contribution in [0.5, 0.6) is 0 Å². The summed E-state index contributed by atoms with van der Waals surface area (Å²) in [4.78, 5) is 10.9. The van der Waals surface area contributed by atoms with Gasteiger partial charge in [0.15, 0.2) is 0 Å². The Bertz CT molecular complexity index is 255. The van der Waals surface area contributed by atoms with Crippen LogP contribution in [0.25, 0.3) is 0 Å². The molecule has 0 aliphatic heterocycles. The summed E-state index contributed by atoms with van der Waals surface area (Å²) < 4.78 is 0.227. The summed E-state index contributed by atoms with van der Waals surface area (Å²) >= 11 is 0.957. The molecule has 2 heteroatoms. The summed E-state index contributed by atoms with van der Waals surface area (Å²) in [7, 11) is 0. The van der Waals surface area contributed by atoms with E-state index in [1.807, 2.05) is 31.2 Å². The van der Waals surface area contributed by atoms with E-state index in [4.69, 9.17) is 0 Å². The molecule has 0 aromatic heterocycles. The Hall–Kier alpha value is -0.311. The Morgan fingerprint density at radius 2 is 2.00 bits per heavy atom. The molecule has 1 rings (SSSR count). The number of aryl methyl sites for hydroxylation is 1. The predicted molar refractivity (Wildman–Crippen MR) is 41.3 cm³/mol. The Balaban J connectivity index is 3.15. The van der Waals surface area contributed by atoms with E-state index >= 15 is 0 Å². The Morgan fingerprint density at radius 1 is 1.40 bits per heavy atom. The Kier molecular flexibility index (Phi) is 2.49. The molecule has 0 bridgehead atoms. The summed E-state index contributed by atoms with van der Waals surface area (Å²) in [6.45, 7) is 1.96. The van der Waals surface area contributed by atoms with Crippen molar-refractivity contribution in [3.63, 3.8) is 0 Å². The molecule has 1 aromatic carbocycles. The van der Waals surface area contributed by atoms with Crippen LogP contribution in [0.4, 0.5) is 0 Å². The van der Waals surface area contributed by atoms with Crippen LogP contribution in [0, 0.1) is 6.92 Å². The number of carbonyl (C=O) groups excluding carboxylic acids is 1. The van der Waals surface area contributed by atoms with Gasteiger partial charge >= 0.3 is 73.4 Å². The molecule has 1 nitrogen and oxygen atoms in total. The molecule has 0 heterocycles. The van der Waals surface area contributed by atoms with Crippen molar-refractivity contribution in [3.05, 3.63) is 35.4 Å². The molecular weight excluding hydrogens is 231 g/mol. The van der Waals surface area contributed by atoms with Crippen molar-refractivity contribution in [2.75, 3.05) is 0 Å². The molecule has 1 aromatic rings. The number of rotatable bonds is 1. The molecule has 0 aliphatic carbocycles. The second-order valence-corrected chi connectivity index (χ2v) is 3.44. The van der Waals surface area contributed by atoms with Crippen LogP contribution >= 0.6 is 0 Å². The molecule has 0 unspecified atom stereocenters. The summed E-state index contributed by atoms with van der Waals surface area (Å²) in [5, 5.41) is 0. The van der Waals surface area contributed by atoms with E-state index < -0.39 is 0 Å². The molecular formula is C8H7OSn. The zero-order valence-electron chi connectivity index (χ0n) is 5.72. The van der Waals surface area contributed by atoms with Crippen LogP contribution in [0.1, 0.15) is 15.9 Å². The van der Waals surface area contributed by atoms with Gasteiger partial charge in [-0.1, -0.05) is 0 Å². The first-order chi connectivity index (χ1) is 4.72. The van der Waals surface area contributed by atoms with E-state index in [2.05, 4.69) is 0 Å². The van der Waals surface area contributed by atoms with Gasteiger partial charge < -0.3 is 0 Å². The van der Waals surface area contributed by atoms with Crippen LogP contribution in [0.3, 0.4) is 0 Å². The molecule has 0 saturated heterocycles. The minimum atomic E-state index is 0.227. The maximum absolute atomic E-state index is 10.9. The van der Waals surface area contributed by atoms with Gasteiger partial charge in [-0.25, -0.2) is 0 Å². The molecule has 0 saturated carbocycles. The third-order valence-corrected chi connectivity index (χ3v) is 2.16. The molecule has 0 amide bonds. The molecule has 0 N–H and O–H groups in total. The number of hydrogen-bond acceptors (Lipinski definition) is 1. The van der Waals surface area contributed by atoms with Gasteiger partial charge in [-0.2, -0.15) is 0 Å². The van der Waals surface area contributed by atoms with Gasteiger partial charge in [0.1, 0.15) is 0 Å². The van der Waals surface area contributed by atoms with Gasteiger partial charge in [-0.15, -0.1) is 0 Å². The first-order valence-electron chi connectivity index (χ1n) is 3.03. The second kappa shape index (κ2) is 3.19. The van der Waals surface area contributed by atoms with Crippen LogP contribution in [0.2, 0.25) is 0 Å². The third kappa shape index (κ3) is 1.59. The van der Waals surface area contributed by atoms with Crippen molar-refractivity contribution in [3.8, 4) is 0 Å². The van der Waals surface area contributed by atoms with E-state index in [1.165, 1.54) is 0 Å². The van der Waals surface area contributed by atoms with E-state index in [0.29, 0.717) is 0 Å². The van der Waals surface area contributed by atoms with Gasteiger partial charge in [0, 0.05) is 0 Å². The van der Waals surface area contributed by atoms with Crippen molar-refractivity contribution >= 4 is 26.3 Å². The SMILES string of the molecule is Cc1ccccc1[C](=O)[Sn]. The van der Waals surface area contributed by atoms with Crippen molar-refractivity contribution in [2.45, 2.75) is 6.92 Å². The fourth-order valence-electron chi connectivity index (χ4n) is 0.828. The van der Waals surface area contributed by atoms with Gasteiger partial charge in [0.2, 0.25) is 0 Å². The average molecular weight is 238 g/mol. The van der Waals surface area contributed by atoms with Crippen molar-refractivity contribution in [1.82, 2.24) is 0 Å². The topological polar surface area (TPSA) is 17.1 Å². The van der Waals surface area contributed by atoms with E-state index in [9.17, 15) is 4.79 Å². The van der Waals surface area contributed by atoms with Crippen molar-refractivity contribution in [2.24, 2.45) is 0 Å². The zero-order chi connectivity index (χ0) is 7.56. The fourth-order valence-corrected chi connectivity index (χ4v) is 1.63. The normalized spacial score (nSPS) is 9.40. The number of carbonyl (C=O) groups is 1. The quantitative estimate of drug-likeness (QED) is 0.674. The third-order valence-electron chi connectivity index (χ3n) is 1.39. The van der Waals surface area contributed by atoms with E-state index in [1.54, 1.807) is 0 Å². The molecule has 49 valence electrons. The van der Waals surface area contributed by atoms with Crippen LogP contribution in [0.15, 0.2) is 24.3 Å². The van der Waals surface area contributed by atoms with Crippen LogP contribution < -0.4 is 0 Å². The molecule has 0 atom stereocenters. The second-order valence-electron chi connectivity index (χ2n) is 2.14. The van der Waals surface area contributed by atoms with E-state index in [0.717, 1.165) is 33.7 Å². The Morgan fingerprint density at radius 3 is 2.40 bits per heavy atom. The summed E-state index contributed by atoms with van der Waals surface area (Å²) in [5.74, 6) is 0. The number of benzene rings is 1. The van der Waals surface area contributed by atoms with Gasteiger partial charge in [0.05, 0.1) is 0 Å². The molecule has 3 radical (unpaired) electrons. The van der Waals surface area contributed by atoms with Gasteiger partial charge in [-0.3, -0.25) is 0 Å². The molecule has 10 heavy (non-hydrogen) atoms. The minimum absolute atomic E-state index is 0.227. The molecule has 0 aliphatic rings. The van der Waals surface area contributed by atoms with Gasteiger partial charge in [-0.05, 0) is 0 Å². The van der Waals surface area contributed by atoms with Crippen molar-refractivity contribution < 1.29 is 4.79 Å². The summed E-state index contributed by atoms with van der Waals surface area (Å²) in [6.07, 6.45) is 0. The monoisotopic (exact) mass is 239 g/mol. The maximum atomic E-state index is 10.9. The summed E-state index contributed by atoms with van der Waals surface area (Å²) in [6, 6.07) is 7.66.